The van der Waals surface area contributed by atoms with E-state index in [1.807, 2.05) is 62.4 Å². The van der Waals surface area contributed by atoms with Crippen molar-refractivity contribution < 1.29 is 14.3 Å². The Hall–Kier alpha value is -3.28. The van der Waals surface area contributed by atoms with E-state index in [0.29, 0.717) is 18.8 Å². The minimum Gasteiger partial charge on any atom is -0.481 e. The van der Waals surface area contributed by atoms with Crippen LogP contribution in [0.15, 0.2) is 48.5 Å². The summed E-state index contributed by atoms with van der Waals surface area (Å²) >= 11 is 0. The number of nitrogens with two attached hydrogens (primary N) is 1. The number of nitrogens with zero attached hydrogens (tertiary/aromatic N) is 1. The number of anilines is 1. The van der Waals surface area contributed by atoms with E-state index in [4.69, 9.17) is 10.5 Å². The second-order valence-electron chi connectivity index (χ2n) is 7.36. The molecule has 0 spiro atoms. The Kier molecular flexibility index (Phi) is 6.22. The first-order valence-corrected chi connectivity index (χ1v) is 9.72. The van der Waals surface area contributed by atoms with E-state index in [-0.39, 0.29) is 5.91 Å². The fourth-order valence-electron chi connectivity index (χ4n) is 3.32. The predicted molar refractivity (Wildman–Crippen MR) is 115 cm³/mol. The molecule has 3 amide bonds. The van der Waals surface area contributed by atoms with Crippen molar-refractivity contribution in [3.8, 4) is 5.75 Å². The van der Waals surface area contributed by atoms with Crippen molar-refractivity contribution in [2.75, 3.05) is 18.4 Å². The van der Waals surface area contributed by atoms with Crippen LogP contribution in [-0.2, 0) is 4.79 Å². The van der Waals surface area contributed by atoms with Gasteiger partial charge in [0.25, 0.3) is 5.91 Å². The third-order valence-electron chi connectivity index (χ3n) is 5.07. The molecule has 1 aliphatic heterocycles. The molecule has 3 rings (SSSR count). The van der Waals surface area contributed by atoms with Gasteiger partial charge in [-0.1, -0.05) is 35.9 Å². The Morgan fingerprint density at radius 2 is 1.86 bits per heavy atom. The lowest BCUT2D eigenvalue weighted by atomic mass is 9.99. The van der Waals surface area contributed by atoms with Crippen LogP contribution in [0.25, 0.3) is 5.57 Å². The average molecular weight is 393 g/mol. The highest BCUT2D eigenvalue weighted by Gasteiger charge is 2.17. The third-order valence-corrected chi connectivity index (χ3v) is 5.07. The van der Waals surface area contributed by atoms with E-state index in [9.17, 15) is 9.59 Å². The van der Waals surface area contributed by atoms with Crippen LogP contribution in [0.2, 0.25) is 0 Å². The Morgan fingerprint density at radius 3 is 2.45 bits per heavy atom. The summed E-state index contributed by atoms with van der Waals surface area (Å²) in [7, 11) is 0. The van der Waals surface area contributed by atoms with E-state index in [1.54, 1.807) is 11.8 Å². The largest absolute Gasteiger partial charge is 0.481 e. The fraction of sp³-hybridized carbons (Fsp3) is 0.304. The molecule has 2 aromatic rings. The second kappa shape index (κ2) is 8.82. The SMILES string of the molecule is Cc1ccc(NC(=O)C(C)Oc2ccc(C3=CCN(C(N)=O)CC3)cc2)c(C)c1. The number of nitrogens with one attached hydrogen (secondary N) is 1. The van der Waals surface area contributed by atoms with Gasteiger partial charge >= 0.3 is 6.03 Å². The molecule has 1 unspecified atom stereocenters. The van der Waals surface area contributed by atoms with Crippen LogP contribution in [0.5, 0.6) is 5.75 Å². The third kappa shape index (κ3) is 5.16. The highest BCUT2D eigenvalue weighted by Crippen LogP contribution is 2.25. The summed E-state index contributed by atoms with van der Waals surface area (Å²) in [4.78, 5) is 25.3. The van der Waals surface area contributed by atoms with Gasteiger partial charge in [-0.05, 0) is 62.1 Å². The lowest BCUT2D eigenvalue weighted by molar-refractivity contribution is -0.122. The Labute approximate surface area is 171 Å². The van der Waals surface area contributed by atoms with E-state index >= 15 is 0 Å². The van der Waals surface area contributed by atoms with Crippen molar-refractivity contribution in [2.45, 2.75) is 33.3 Å². The van der Waals surface area contributed by atoms with Gasteiger partial charge in [0.15, 0.2) is 6.10 Å². The Balaban J connectivity index is 1.59. The molecule has 1 atom stereocenters. The maximum absolute atomic E-state index is 12.5. The zero-order valence-electron chi connectivity index (χ0n) is 17.1. The molecule has 152 valence electrons. The van der Waals surface area contributed by atoms with Crippen LogP contribution in [0.1, 0.15) is 30.0 Å². The number of hydrogen-bond acceptors (Lipinski definition) is 3. The zero-order valence-corrected chi connectivity index (χ0v) is 17.1. The fourth-order valence-corrected chi connectivity index (χ4v) is 3.32. The maximum atomic E-state index is 12.5. The zero-order chi connectivity index (χ0) is 21.0. The number of primary amides is 1. The molecule has 0 radical (unpaired) electrons. The summed E-state index contributed by atoms with van der Waals surface area (Å²) in [5.41, 5.74) is 10.5. The van der Waals surface area contributed by atoms with Crippen molar-refractivity contribution in [1.29, 1.82) is 0 Å². The average Bonchev–Trinajstić information content (AvgIpc) is 2.70. The molecule has 6 heteroatoms. The van der Waals surface area contributed by atoms with Crippen molar-refractivity contribution in [2.24, 2.45) is 5.73 Å². The number of aryl methyl sites for hydroxylation is 2. The Morgan fingerprint density at radius 1 is 1.14 bits per heavy atom. The predicted octanol–water partition coefficient (Wildman–Crippen LogP) is 3.88. The molecule has 0 saturated heterocycles. The van der Waals surface area contributed by atoms with Gasteiger partial charge in [-0.3, -0.25) is 4.79 Å². The van der Waals surface area contributed by atoms with E-state index in [1.165, 1.54) is 5.57 Å². The quantitative estimate of drug-likeness (QED) is 0.808. The van der Waals surface area contributed by atoms with Crippen LogP contribution in [0, 0.1) is 13.8 Å². The van der Waals surface area contributed by atoms with Gasteiger partial charge in [-0.15, -0.1) is 0 Å². The standard InChI is InChI=1S/C23H27N3O3/c1-15-4-9-21(16(2)14-15)25-22(27)17(3)29-20-7-5-18(6-8-20)19-10-12-26(13-11-19)23(24)28/h4-10,14,17H,11-13H2,1-3H3,(H2,24,28)(H,25,27). The number of carbonyl (C=O) groups excluding carboxylic acids is 2. The van der Waals surface area contributed by atoms with Gasteiger partial charge < -0.3 is 20.7 Å². The molecule has 29 heavy (non-hydrogen) atoms. The number of hydrogen-bond donors (Lipinski definition) is 2. The van der Waals surface area contributed by atoms with Gasteiger partial charge in [0.1, 0.15) is 5.75 Å². The van der Waals surface area contributed by atoms with E-state index < -0.39 is 12.1 Å². The Bertz CT molecular complexity index is 935. The molecule has 0 aromatic heterocycles. The molecule has 0 bridgehead atoms. The molecule has 0 saturated carbocycles. The molecule has 2 aromatic carbocycles. The number of urea groups is 1. The number of ether oxygens (including phenoxy) is 1. The second-order valence-corrected chi connectivity index (χ2v) is 7.36. The van der Waals surface area contributed by atoms with Gasteiger partial charge in [-0.25, -0.2) is 4.79 Å². The highest BCUT2D eigenvalue weighted by molar-refractivity contribution is 5.94. The summed E-state index contributed by atoms with van der Waals surface area (Å²) in [5.74, 6) is 0.440. The molecule has 0 fully saturated rings. The van der Waals surface area contributed by atoms with Crippen LogP contribution in [-0.4, -0.2) is 36.0 Å². The van der Waals surface area contributed by atoms with Crippen molar-refractivity contribution in [3.05, 3.63) is 65.2 Å². The van der Waals surface area contributed by atoms with E-state index in [2.05, 4.69) is 5.32 Å². The first-order chi connectivity index (χ1) is 13.8. The van der Waals surface area contributed by atoms with Crippen LogP contribution < -0.4 is 15.8 Å². The van der Waals surface area contributed by atoms with Crippen molar-refractivity contribution in [3.63, 3.8) is 0 Å². The normalized spacial score (nSPS) is 14.7. The highest BCUT2D eigenvalue weighted by atomic mass is 16.5. The minimum atomic E-state index is -0.625. The molecule has 1 aliphatic rings. The molecule has 1 heterocycles. The van der Waals surface area contributed by atoms with Crippen molar-refractivity contribution in [1.82, 2.24) is 4.90 Å². The lowest BCUT2D eigenvalue weighted by Crippen LogP contribution is -2.38. The van der Waals surface area contributed by atoms with Crippen LogP contribution >= 0.6 is 0 Å². The molecular weight excluding hydrogens is 366 g/mol. The monoisotopic (exact) mass is 393 g/mol. The van der Waals surface area contributed by atoms with Gasteiger partial charge in [0.05, 0.1) is 0 Å². The van der Waals surface area contributed by atoms with Crippen molar-refractivity contribution >= 4 is 23.2 Å². The summed E-state index contributed by atoms with van der Waals surface area (Å²) in [5, 5.41) is 2.92. The summed E-state index contributed by atoms with van der Waals surface area (Å²) in [6, 6.07) is 13.2. The molecule has 3 N–H and O–H groups in total. The lowest BCUT2D eigenvalue weighted by Gasteiger charge is -2.25. The topological polar surface area (TPSA) is 84.7 Å². The first kappa shape index (κ1) is 20.5. The molecule has 0 aliphatic carbocycles. The summed E-state index contributed by atoms with van der Waals surface area (Å²) < 4.78 is 5.80. The maximum Gasteiger partial charge on any atom is 0.315 e. The van der Waals surface area contributed by atoms with Gasteiger partial charge in [0.2, 0.25) is 0 Å². The minimum absolute atomic E-state index is 0.192. The number of carbonyl (C=O) groups is 2. The van der Waals surface area contributed by atoms with Gasteiger partial charge in [-0.2, -0.15) is 0 Å². The molecular formula is C23H27N3O3. The smallest absolute Gasteiger partial charge is 0.315 e. The van der Waals surface area contributed by atoms with Crippen LogP contribution in [0.3, 0.4) is 0 Å². The first-order valence-electron chi connectivity index (χ1n) is 9.72. The van der Waals surface area contributed by atoms with E-state index in [0.717, 1.165) is 28.8 Å². The van der Waals surface area contributed by atoms with Crippen LogP contribution in [0.4, 0.5) is 10.5 Å². The summed E-state index contributed by atoms with van der Waals surface area (Å²) in [6.07, 6.45) is 2.15. The molecule has 6 nitrogen and oxygen atoms in total. The summed E-state index contributed by atoms with van der Waals surface area (Å²) in [6.45, 7) is 6.86. The number of benzene rings is 2. The number of rotatable bonds is 5. The van der Waals surface area contributed by atoms with Gasteiger partial charge in [0, 0.05) is 18.8 Å². The number of amides is 3.